The lowest BCUT2D eigenvalue weighted by Crippen LogP contribution is -2.27. The number of ether oxygens (including phenoxy) is 1. The third-order valence-corrected chi connectivity index (χ3v) is 7.79. The monoisotopic (exact) mass is 503 g/mol. The van der Waals surface area contributed by atoms with E-state index in [1.54, 1.807) is 29.0 Å². The van der Waals surface area contributed by atoms with Crippen LogP contribution in [0, 0.1) is 13.8 Å². The zero-order valence-corrected chi connectivity index (χ0v) is 21.6. The smallest absolute Gasteiger partial charge is 0.304 e. The molecule has 5 rings (SSSR count). The highest BCUT2D eigenvalue weighted by atomic mass is 32.2. The van der Waals surface area contributed by atoms with Crippen molar-refractivity contribution in [2.24, 2.45) is 7.05 Å². The van der Waals surface area contributed by atoms with Crippen molar-refractivity contribution in [2.45, 2.75) is 50.7 Å². The van der Waals surface area contributed by atoms with Gasteiger partial charge in [-0.3, -0.25) is 9.78 Å². The van der Waals surface area contributed by atoms with Gasteiger partial charge in [0.2, 0.25) is 0 Å². The van der Waals surface area contributed by atoms with Crippen LogP contribution in [0.5, 0.6) is 5.75 Å². The number of carbonyl (C=O) groups is 1. The topological polar surface area (TPSA) is 93.4 Å². The second kappa shape index (κ2) is 9.91. The van der Waals surface area contributed by atoms with Gasteiger partial charge in [0.25, 0.3) is 0 Å². The summed E-state index contributed by atoms with van der Waals surface area (Å²) in [5.41, 5.74) is 6.99. The van der Waals surface area contributed by atoms with Gasteiger partial charge in [-0.15, -0.1) is 5.10 Å². The van der Waals surface area contributed by atoms with Crippen molar-refractivity contribution in [1.29, 1.82) is 0 Å². The average molecular weight is 504 g/mol. The standard InChI is InChI=1S/C27H29N5O3S/c1-16-5-6-19(11-20(16)15-32-14-17(2)35-24-13-28-10-9-25(24)36-32)22(12-26(33)34)21-7-8-23-27(18(21)3)29-30-31(23)4/h5-11,13,17,22H,12,14-15H2,1-4H3,(H,33,34). The number of pyridine rings is 1. The summed E-state index contributed by atoms with van der Waals surface area (Å²) in [4.78, 5) is 17.2. The normalized spacial score (nSPS) is 16.8. The minimum atomic E-state index is -0.833. The highest BCUT2D eigenvalue weighted by molar-refractivity contribution is 7.97. The fourth-order valence-electron chi connectivity index (χ4n) is 4.82. The lowest BCUT2D eigenvalue weighted by molar-refractivity contribution is -0.137. The molecule has 3 heterocycles. The Balaban J connectivity index is 1.50. The molecule has 0 amide bonds. The van der Waals surface area contributed by atoms with Gasteiger partial charge in [0.15, 0.2) is 5.75 Å². The Bertz CT molecular complexity index is 1440. The number of hydrogen-bond donors (Lipinski definition) is 1. The Hall–Kier alpha value is -3.43. The minimum Gasteiger partial charge on any atom is -0.486 e. The van der Waals surface area contributed by atoms with Crippen LogP contribution >= 0.6 is 11.9 Å². The summed E-state index contributed by atoms with van der Waals surface area (Å²) in [7, 11) is 1.86. The van der Waals surface area contributed by atoms with Gasteiger partial charge in [-0.1, -0.05) is 29.5 Å². The van der Waals surface area contributed by atoms with Gasteiger partial charge < -0.3 is 9.84 Å². The maximum atomic E-state index is 11.9. The van der Waals surface area contributed by atoms with Gasteiger partial charge in [-0.05, 0) is 72.7 Å². The molecule has 0 saturated carbocycles. The lowest BCUT2D eigenvalue weighted by atomic mass is 9.84. The van der Waals surface area contributed by atoms with Crippen LogP contribution < -0.4 is 4.74 Å². The Morgan fingerprint density at radius 3 is 2.89 bits per heavy atom. The molecule has 0 fully saturated rings. The first-order chi connectivity index (χ1) is 17.3. The Kier molecular flexibility index (Phi) is 6.68. The number of aliphatic carboxylic acids is 1. The van der Waals surface area contributed by atoms with E-state index in [-0.39, 0.29) is 18.4 Å². The summed E-state index contributed by atoms with van der Waals surface area (Å²) >= 11 is 1.67. The average Bonchev–Trinajstić information content (AvgIpc) is 3.13. The van der Waals surface area contributed by atoms with Crippen LogP contribution in [-0.2, 0) is 18.4 Å². The molecule has 0 spiro atoms. The van der Waals surface area contributed by atoms with Gasteiger partial charge in [-0.25, -0.2) is 8.99 Å². The largest absolute Gasteiger partial charge is 0.486 e. The van der Waals surface area contributed by atoms with Crippen molar-refractivity contribution in [2.75, 3.05) is 6.54 Å². The fourth-order valence-corrected chi connectivity index (χ4v) is 5.90. The predicted molar refractivity (Wildman–Crippen MR) is 139 cm³/mol. The van der Waals surface area contributed by atoms with E-state index in [1.165, 1.54) is 11.1 Å². The van der Waals surface area contributed by atoms with E-state index in [9.17, 15) is 9.90 Å². The van der Waals surface area contributed by atoms with Gasteiger partial charge in [0, 0.05) is 32.3 Å². The quantitative estimate of drug-likeness (QED) is 0.372. The Morgan fingerprint density at radius 1 is 1.25 bits per heavy atom. The van der Waals surface area contributed by atoms with E-state index in [2.05, 4.69) is 51.6 Å². The summed E-state index contributed by atoms with van der Waals surface area (Å²) in [6.45, 7) is 7.62. The van der Waals surface area contributed by atoms with Crippen LogP contribution in [0.1, 0.15) is 47.1 Å². The SMILES string of the molecule is Cc1ccc(C(CC(=O)O)c2ccc3c(nnn3C)c2C)cc1CN1CC(C)Oc2cnccc2S1. The maximum absolute atomic E-state index is 11.9. The van der Waals surface area contributed by atoms with E-state index >= 15 is 0 Å². The first kappa shape index (κ1) is 24.3. The van der Waals surface area contributed by atoms with Crippen LogP contribution in [0.15, 0.2) is 53.7 Å². The number of carboxylic acid groups (broad SMARTS) is 1. The van der Waals surface area contributed by atoms with Crippen LogP contribution in [0.3, 0.4) is 0 Å². The summed E-state index contributed by atoms with van der Waals surface area (Å²) in [6, 6.07) is 12.3. The summed E-state index contributed by atoms with van der Waals surface area (Å²) in [6.07, 6.45) is 3.56. The molecule has 8 nitrogen and oxygen atoms in total. The molecule has 0 radical (unpaired) electrons. The van der Waals surface area contributed by atoms with E-state index in [0.717, 1.165) is 44.9 Å². The van der Waals surface area contributed by atoms with Crippen molar-refractivity contribution >= 4 is 29.0 Å². The number of aryl methyl sites for hydroxylation is 3. The van der Waals surface area contributed by atoms with Gasteiger partial charge in [0.05, 0.1) is 23.0 Å². The second-order valence-corrected chi connectivity index (χ2v) is 10.5. The molecule has 36 heavy (non-hydrogen) atoms. The zero-order valence-electron chi connectivity index (χ0n) is 20.8. The molecule has 9 heteroatoms. The van der Waals surface area contributed by atoms with E-state index in [4.69, 9.17) is 4.74 Å². The van der Waals surface area contributed by atoms with Crippen molar-refractivity contribution in [3.05, 3.63) is 76.6 Å². The first-order valence-electron chi connectivity index (χ1n) is 11.9. The molecule has 2 aromatic carbocycles. The van der Waals surface area contributed by atoms with Crippen LogP contribution in [0.25, 0.3) is 11.0 Å². The van der Waals surface area contributed by atoms with Crippen LogP contribution in [0.2, 0.25) is 0 Å². The molecule has 2 unspecified atom stereocenters. The molecular formula is C27H29N5O3S. The third kappa shape index (κ3) is 4.81. The highest BCUT2D eigenvalue weighted by Crippen LogP contribution is 2.37. The summed E-state index contributed by atoms with van der Waals surface area (Å²) in [5, 5.41) is 18.2. The molecule has 1 aliphatic rings. The number of fused-ring (bicyclic) bond motifs is 2. The summed E-state index contributed by atoms with van der Waals surface area (Å²) < 4.78 is 10.1. The molecule has 0 bridgehead atoms. The molecular weight excluding hydrogens is 474 g/mol. The number of nitrogens with zero attached hydrogens (tertiary/aromatic N) is 5. The molecule has 0 saturated heterocycles. The number of benzene rings is 2. The zero-order chi connectivity index (χ0) is 25.4. The van der Waals surface area contributed by atoms with E-state index < -0.39 is 5.97 Å². The van der Waals surface area contributed by atoms with Gasteiger partial charge in [0.1, 0.15) is 11.6 Å². The molecule has 4 aromatic rings. The second-order valence-electron chi connectivity index (χ2n) is 9.36. The Morgan fingerprint density at radius 2 is 2.08 bits per heavy atom. The van der Waals surface area contributed by atoms with Gasteiger partial charge in [-0.2, -0.15) is 0 Å². The molecule has 1 N–H and O–H groups in total. The lowest BCUT2D eigenvalue weighted by Gasteiger charge is -2.24. The first-order valence-corrected chi connectivity index (χ1v) is 12.7. The highest BCUT2D eigenvalue weighted by Gasteiger charge is 2.25. The molecule has 0 aliphatic carbocycles. The van der Waals surface area contributed by atoms with Crippen molar-refractivity contribution < 1.29 is 14.6 Å². The fraction of sp³-hybridized carbons (Fsp3) is 0.333. The minimum absolute atomic E-state index is 0.00117. The van der Waals surface area contributed by atoms with Crippen LogP contribution in [0.4, 0.5) is 0 Å². The Labute approximate surface area is 214 Å². The number of rotatable bonds is 6. The number of aromatic nitrogens is 4. The van der Waals surface area contributed by atoms with E-state index in [0.29, 0.717) is 6.54 Å². The predicted octanol–water partition coefficient (Wildman–Crippen LogP) is 4.88. The van der Waals surface area contributed by atoms with Crippen LogP contribution in [-0.4, -0.2) is 48.0 Å². The molecule has 2 aromatic heterocycles. The number of carboxylic acids is 1. The molecule has 186 valence electrons. The molecule has 1 aliphatic heterocycles. The van der Waals surface area contributed by atoms with Crippen molar-refractivity contribution in [3.8, 4) is 5.75 Å². The van der Waals surface area contributed by atoms with Crippen molar-refractivity contribution in [1.82, 2.24) is 24.3 Å². The third-order valence-electron chi connectivity index (χ3n) is 6.72. The number of hydrogen-bond acceptors (Lipinski definition) is 7. The van der Waals surface area contributed by atoms with Crippen molar-refractivity contribution in [3.63, 3.8) is 0 Å². The summed E-state index contributed by atoms with van der Waals surface area (Å²) in [5.74, 6) is -0.321. The van der Waals surface area contributed by atoms with Gasteiger partial charge >= 0.3 is 5.97 Å². The maximum Gasteiger partial charge on any atom is 0.304 e. The van der Waals surface area contributed by atoms with E-state index in [1.807, 2.05) is 32.2 Å². The molecule has 2 atom stereocenters.